The number of ether oxygens (including phenoxy) is 1. The summed E-state index contributed by atoms with van der Waals surface area (Å²) >= 11 is 0. The third kappa shape index (κ3) is 4.28. The number of rotatable bonds is 4. The lowest BCUT2D eigenvalue weighted by Crippen LogP contribution is -2.15. The molecule has 1 aromatic heterocycles. The zero-order valence-electron chi connectivity index (χ0n) is 13.0. The van der Waals surface area contributed by atoms with E-state index in [2.05, 4.69) is 47.5 Å². The summed E-state index contributed by atoms with van der Waals surface area (Å²) in [7, 11) is -1.22. The highest BCUT2D eigenvalue weighted by Gasteiger charge is 2.12. The maximum absolute atomic E-state index is 5.69. The lowest BCUT2D eigenvalue weighted by molar-refractivity contribution is 0.0471. The van der Waals surface area contributed by atoms with Crippen LogP contribution in [0.5, 0.6) is 0 Å². The largest absolute Gasteiger partial charge is 0.346 e. The van der Waals surface area contributed by atoms with Gasteiger partial charge in [0.1, 0.15) is 5.52 Å². The molecule has 1 heterocycles. The van der Waals surface area contributed by atoms with Crippen molar-refractivity contribution in [2.75, 3.05) is 6.61 Å². The van der Waals surface area contributed by atoms with Crippen molar-refractivity contribution in [3.8, 4) is 11.8 Å². The summed E-state index contributed by atoms with van der Waals surface area (Å²) < 4.78 is 7.42. The second kappa shape index (κ2) is 6.70. The van der Waals surface area contributed by atoms with Gasteiger partial charge in [-0.1, -0.05) is 48.6 Å². The molecule has 0 aliphatic carbocycles. The normalized spacial score (nSPS) is 13.3. The molecule has 0 amide bonds. The maximum Gasteiger partial charge on any atom is 0.215 e. The van der Waals surface area contributed by atoms with Crippen LogP contribution in [0.15, 0.2) is 36.0 Å². The Kier molecular flexibility index (Phi) is 4.94. The minimum atomic E-state index is -1.22. The first-order valence-electron chi connectivity index (χ1n) is 7.11. The van der Waals surface area contributed by atoms with Crippen molar-refractivity contribution >= 4 is 19.1 Å². The van der Waals surface area contributed by atoms with Crippen LogP contribution in [0.4, 0.5) is 0 Å². The molecule has 0 aliphatic rings. The zero-order chi connectivity index (χ0) is 15.3. The average Bonchev–Trinajstić information content (AvgIpc) is 2.85. The fraction of sp³-hybridized carbons (Fsp3) is 0.375. The SMILES string of the molecule is CCOC(C#CC=C[Si](C)(C)C)n1nnc2ccccc21. The lowest BCUT2D eigenvalue weighted by atomic mass is 10.3. The van der Waals surface area contributed by atoms with Gasteiger partial charge in [0.15, 0.2) is 0 Å². The molecular formula is C16H21N3OSi. The van der Waals surface area contributed by atoms with Gasteiger partial charge < -0.3 is 4.74 Å². The van der Waals surface area contributed by atoms with E-state index in [0.29, 0.717) is 6.61 Å². The summed E-state index contributed by atoms with van der Waals surface area (Å²) in [5.41, 5.74) is 3.99. The molecule has 2 aromatic rings. The molecule has 1 unspecified atom stereocenters. The van der Waals surface area contributed by atoms with Crippen molar-refractivity contribution in [2.45, 2.75) is 32.8 Å². The average molecular weight is 299 g/mol. The van der Waals surface area contributed by atoms with Gasteiger partial charge >= 0.3 is 0 Å². The Morgan fingerprint density at radius 2 is 2.10 bits per heavy atom. The van der Waals surface area contributed by atoms with Crippen LogP contribution in [-0.2, 0) is 4.74 Å². The number of hydrogen-bond donors (Lipinski definition) is 0. The Labute approximate surface area is 126 Å². The first-order valence-corrected chi connectivity index (χ1v) is 10.7. The number of aromatic nitrogens is 3. The molecule has 0 fully saturated rings. The second-order valence-electron chi connectivity index (χ2n) is 5.82. The van der Waals surface area contributed by atoms with E-state index in [0.717, 1.165) is 11.0 Å². The summed E-state index contributed by atoms with van der Waals surface area (Å²) in [6, 6.07) is 7.81. The molecule has 0 N–H and O–H groups in total. The number of benzene rings is 1. The van der Waals surface area contributed by atoms with Crippen molar-refractivity contribution in [1.82, 2.24) is 15.0 Å². The van der Waals surface area contributed by atoms with E-state index in [1.807, 2.05) is 37.3 Å². The summed E-state index contributed by atoms with van der Waals surface area (Å²) in [4.78, 5) is 0. The van der Waals surface area contributed by atoms with E-state index in [4.69, 9.17) is 4.74 Å². The highest BCUT2D eigenvalue weighted by Crippen LogP contribution is 2.15. The van der Waals surface area contributed by atoms with E-state index >= 15 is 0 Å². The quantitative estimate of drug-likeness (QED) is 0.641. The van der Waals surface area contributed by atoms with Crippen LogP contribution < -0.4 is 0 Å². The summed E-state index contributed by atoms with van der Waals surface area (Å²) in [6.07, 6.45) is 1.52. The van der Waals surface area contributed by atoms with Crippen LogP contribution in [0.2, 0.25) is 19.6 Å². The molecule has 4 nitrogen and oxygen atoms in total. The second-order valence-corrected chi connectivity index (χ2v) is 10.9. The molecule has 110 valence electrons. The van der Waals surface area contributed by atoms with Crippen LogP contribution in [0.3, 0.4) is 0 Å². The molecule has 1 aromatic carbocycles. The van der Waals surface area contributed by atoms with E-state index in [-0.39, 0.29) is 0 Å². The Hall–Kier alpha value is -1.90. The Morgan fingerprint density at radius 3 is 2.81 bits per heavy atom. The van der Waals surface area contributed by atoms with Gasteiger partial charge in [0.05, 0.1) is 13.6 Å². The lowest BCUT2D eigenvalue weighted by Gasteiger charge is -2.11. The molecule has 0 saturated carbocycles. The fourth-order valence-corrected chi connectivity index (χ4v) is 2.39. The van der Waals surface area contributed by atoms with Gasteiger partial charge in [-0.25, -0.2) is 4.68 Å². The van der Waals surface area contributed by atoms with Crippen molar-refractivity contribution in [2.24, 2.45) is 0 Å². The first kappa shape index (κ1) is 15.5. The van der Waals surface area contributed by atoms with Crippen LogP contribution >= 0.6 is 0 Å². The monoisotopic (exact) mass is 299 g/mol. The number of allylic oxidation sites excluding steroid dienone is 1. The zero-order valence-corrected chi connectivity index (χ0v) is 14.0. The van der Waals surface area contributed by atoms with Crippen molar-refractivity contribution < 1.29 is 4.74 Å². The van der Waals surface area contributed by atoms with Crippen LogP contribution in [0.25, 0.3) is 11.0 Å². The van der Waals surface area contributed by atoms with Crippen molar-refractivity contribution in [3.05, 3.63) is 36.0 Å². The molecule has 5 heteroatoms. The number of nitrogens with zero attached hydrogens (tertiary/aromatic N) is 3. The molecule has 1 atom stereocenters. The molecule has 2 rings (SSSR count). The van der Waals surface area contributed by atoms with Gasteiger partial charge in [0.25, 0.3) is 0 Å². The molecule has 0 saturated heterocycles. The molecule has 21 heavy (non-hydrogen) atoms. The molecule has 0 aliphatic heterocycles. The molecule has 0 radical (unpaired) electrons. The highest BCUT2D eigenvalue weighted by molar-refractivity contribution is 6.81. The number of fused-ring (bicyclic) bond motifs is 1. The van der Waals surface area contributed by atoms with Crippen LogP contribution in [0.1, 0.15) is 13.2 Å². The Balaban J connectivity index is 2.27. The van der Waals surface area contributed by atoms with Gasteiger partial charge in [0, 0.05) is 6.61 Å². The van der Waals surface area contributed by atoms with Crippen LogP contribution in [0, 0.1) is 11.8 Å². The van der Waals surface area contributed by atoms with E-state index in [9.17, 15) is 0 Å². The summed E-state index contributed by atoms with van der Waals surface area (Å²) in [5, 5.41) is 8.31. The third-order valence-electron chi connectivity index (χ3n) is 2.80. The van der Waals surface area contributed by atoms with Gasteiger partial charge in [-0.15, -0.1) is 5.10 Å². The van der Waals surface area contributed by atoms with Gasteiger partial charge in [-0.05, 0) is 31.1 Å². The van der Waals surface area contributed by atoms with E-state index < -0.39 is 14.3 Å². The topological polar surface area (TPSA) is 39.9 Å². The first-order chi connectivity index (χ1) is 10.0. The van der Waals surface area contributed by atoms with Crippen LogP contribution in [-0.4, -0.2) is 29.7 Å². The summed E-state index contributed by atoms with van der Waals surface area (Å²) in [6.45, 7) is 9.35. The van der Waals surface area contributed by atoms with Gasteiger partial charge in [-0.2, -0.15) is 0 Å². The highest BCUT2D eigenvalue weighted by atomic mass is 28.3. The van der Waals surface area contributed by atoms with Gasteiger partial charge in [0.2, 0.25) is 6.23 Å². The maximum atomic E-state index is 5.69. The minimum absolute atomic E-state index is 0.409. The molecule has 0 spiro atoms. The Bertz CT molecular complexity index is 689. The fourth-order valence-electron chi connectivity index (χ4n) is 1.80. The number of hydrogen-bond acceptors (Lipinski definition) is 3. The third-order valence-corrected chi connectivity index (χ3v) is 3.96. The predicted octanol–water partition coefficient (Wildman–Crippen LogP) is 3.40. The minimum Gasteiger partial charge on any atom is -0.346 e. The summed E-state index contributed by atoms with van der Waals surface area (Å²) in [5.74, 6) is 6.18. The van der Waals surface area contributed by atoms with Crippen molar-refractivity contribution in [3.63, 3.8) is 0 Å². The van der Waals surface area contributed by atoms with E-state index in [1.54, 1.807) is 4.68 Å². The van der Waals surface area contributed by atoms with E-state index in [1.165, 1.54) is 0 Å². The predicted molar refractivity (Wildman–Crippen MR) is 88.5 cm³/mol. The Morgan fingerprint density at radius 1 is 1.33 bits per heavy atom. The smallest absolute Gasteiger partial charge is 0.215 e. The molecule has 0 bridgehead atoms. The van der Waals surface area contributed by atoms with Gasteiger partial charge in [-0.3, -0.25) is 0 Å². The standard InChI is InChI=1S/C16H21N3OSi/c1-5-20-16(12-8-9-13-21(2,3)4)19-15-11-7-6-10-14(15)17-18-19/h6-7,9-11,13,16H,5H2,1-4H3. The molecular weight excluding hydrogens is 278 g/mol. The van der Waals surface area contributed by atoms with Crippen molar-refractivity contribution in [1.29, 1.82) is 0 Å². The number of para-hydroxylation sites is 1.